The highest BCUT2D eigenvalue weighted by atomic mass is 35.5. The van der Waals surface area contributed by atoms with Crippen molar-refractivity contribution < 1.29 is 4.74 Å². The van der Waals surface area contributed by atoms with E-state index in [0.29, 0.717) is 12.6 Å². The molecule has 0 bridgehead atoms. The van der Waals surface area contributed by atoms with E-state index in [1.165, 1.54) is 0 Å². The van der Waals surface area contributed by atoms with Crippen molar-refractivity contribution >= 4 is 23.5 Å². The average molecular weight is 432 g/mol. The summed E-state index contributed by atoms with van der Waals surface area (Å²) in [6.45, 7) is 0.538. The van der Waals surface area contributed by atoms with E-state index in [1.807, 2.05) is 59.3 Å². The first kappa shape index (κ1) is 19.5. The fourth-order valence-corrected chi connectivity index (χ4v) is 4.04. The molecule has 0 amide bonds. The van der Waals surface area contributed by atoms with Crippen LogP contribution >= 0.6 is 11.6 Å². The first-order valence-electron chi connectivity index (χ1n) is 10.2. The van der Waals surface area contributed by atoms with Gasteiger partial charge in [0.1, 0.15) is 12.4 Å². The maximum atomic E-state index is 6.06. The Kier molecular flexibility index (Phi) is 5.22. The summed E-state index contributed by atoms with van der Waals surface area (Å²) in [5.41, 5.74) is 9.31. The van der Waals surface area contributed by atoms with Crippen LogP contribution in [0.1, 0.15) is 35.2 Å². The second-order valence-corrected chi connectivity index (χ2v) is 8.02. The number of aromatic nitrogens is 3. The summed E-state index contributed by atoms with van der Waals surface area (Å²) in [6.07, 6.45) is 0.807. The number of benzene rings is 3. The molecule has 2 heterocycles. The van der Waals surface area contributed by atoms with Crippen molar-refractivity contribution in [2.75, 3.05) is 11.1 Å². The zero-order valence-corrected chi connectivity index (χ0v) is 17.5. The predicted molar refractivity (Wildman–Crippen MR) is 122 cm³/mol. The molecule has 1 aromatic heterocycles. The van der Waals surface area contributed by atoms with E-state index in [-0.39, 0.29) is 18.0 Å². The third-order valence-corrected chi connectivity index (χ3v) is 5.74. The van der Waals surface area contributed by atoms with Crippen molar-refractivity contribution in [1.82, 2.24) is 14.8 Å². The van der Waals surface area contributed by atoms with Crippen LogP contribution in [0.5, 0.6) is 5.75 Å². The molecule has 1 aliphatic rings. The Labute approximate surface area is 185 Å². The van der Waals surface area contributed by atoms with Crippen molar-refractivity contribution in [3.05, 3.63) is 101 Å². The molecule has 1 aliphatic heterocycles. The average Bonchev–Trinajstić information content (AvgIpc) is 3.19. The molecule has 5 rings (SSSR count). The van der Waals surface area contributed by atoms with Gasteiger partial charge in [0, 0.05) is 5.02 Å². The van der Waals surface area contributed by atoms with Crippen LogP contribution in [0.4, 0.5) is 11.9 Å². The van der Waals surface area contributed by atoms with Crippen LogP contribution in [0.25, 0.3) is 0 Å². The molecule has 2 unspecified atom stereocenters. The van der Waals surface area contributed by atoms with E-state index in [4.69, 9.17) is 22.1 Å². The third kappa shape index (κ3) is 4.20. The molecule has 3 aromatic carbocycles. The van der Waals surface area contributed by atoms with Crippen LogP contribution in [0.15, 0.2) is 78.9 Å². The van der Waals surface area contributed by atoms with Crippen molar-refractivity contribution in [3.63, 3.8) is 0 Å². The molecule has 0 fully saturated rings. The Morgan fingerprint density at radius 2 is 1.68 bits per heavy atom. The predicted octanol–water partition coefficient (Wildman–Crippen LogP) is 5.24. The van der Waals surface area contributed by atoms with Gasteiger partial charge in [-0.15, -0.1) is 5.10 Å². The van der Waals surface area contributed by atoms with Crippen molar-refractivity contribution in [2.45, 2.75) is 25.1 Å². The number of nitrogens with one attached hydrogen (secondary N) is 1. The number of ether oxygens (including phenoxy) is 1. The van der Waals surface area contributed by atoms with Gasteiger partial charge in [-0.3, -0.25) is 0 Å². The van der Waals surface area contributed by atoms with Gasteiger partial charge in [-0.05, 0) is 47.4 Å². The zero-order valence-electron chi connectivity index (χ0n) is 16.8. The van der Waals surface area contributed by atoms with E-state index in [9.17, 15) is 0 Å². The number of nitrogens with zero attached hydrogens (tertiary/aromatic N) is 3. The minimum Gasteiger partial charge on any atom is -0.489 e. The minimum absolute atomic E-state index is 0.00454. The Balaban J connectivity index is 1.38. The van der Waals surface area contributed by atoms with Gasteiger partial charge in [0.05, 0.1) is 12.1 Å². The van der Waals surface area contributed by atoms with E-state index < -0.39 is 0 Å². The maximum Gasteiger partial charge on any atom is 0.241 e. The first-order valence-corrected chi connectivity index (χ1v) is 10.5. The lowest BCUT2D eigenvalue weighted by Gasteiger charge is -2.31. The summed E-state index contributed by atoms with van der Waals surface area (Å²) in [7, 11) is 0. The standard InChI is InChI=1S/C24H22ClN5O/c25-19-10-6-17(7-11-19)21-14-22(30-24(27-21)28-23(26)29-30)18-8-12-20(13-9-18)31-15-16-4-2-1-3-5-16/h1-13,21-22H,14-15H2,(H3,26,27,28,29). The molecule has 0 spiro atoms. The topological polar surface area (TPSA) is 78.0 Å². The highest BCUT2D eigenvalue weighted by Gasteiger charge is 2.30. The fourth-order valence-electron chi connectivity index (χ4n) is 3.91. The number of rotatable bonds is 5. The van der Waals surface area contributed by atoms with Gasteiger partial charge in [0.15, 0.2) is 0 Å². The normalized spacial score (nSPS) is 17.6. The number of halogens is 1. The second kappa shape index (κ2) is 8.32. The third-order valence-electron chi connectivity index (χ3n) is 5.49. The van der Waals surface area contributed by atoms with Crippen LogP contribution in [0.2, 0.25) is 5.02 Å². The molecule has 156 valence electrons. The molecule has 0 saturated carbocycles. The molecular weight excluding hydrogens is 410 g/mol. The molecule has 2 atom stereocenters. The van der Waals surface area contributed by atoms with Gasteiger partial charge in [0.25, 0.3) is 0 Å². The van der Waals surface area contributed by atoms with E-state index in [0.717, 1.165) is 33.9 Å². The van der Waals surface area contributed by atoms with Gasteiger partial charge in [-0.25, -0.2) is 4.68 Å². The number of anilines is 2. The van der Waals surface area contributed by atoms with Gasteiger partial charge in [0.2, 0.25) is 11.9 Å². The quantitative estimate of drug-likeness (QED) is 0.452. The van der Waals surface area contributed by atoms with Crippen LogP contribution in [0.3, 0.4) is 0 Å². The molecule has 6 nitrogen and oxygen atoms in total. The summed E-state index contributed by atoms with van der Waals surface area (Å²) in [5, 5.41) is 8.58. The summed E-state index contributed by atoms with van der Waals surface area (Å²) in [6, 6.07) is 26.2. The smallest absolute Gasteiger partial charge is 0.241 e. The Morgan fingerprint density at radius 3 is 2.42 bits per heavy atom. The second-order valence-electron chi connectivity index (χ2n) is 7.58. The lowest BCUT2D eigenvalue weighted by atomic mass is 9.93. The van der Waals surface area contributed by atoms with Crippen molar-refractivity contribution in [2.24, 2.45) is 0 Å². The van der Waals surface area contributed by atoms with Gasteiger partial charge >= 0.3 is 0 Å². The molecular formula is C24H22ClN5O. The monoisotopic (exact) mass is 431 g/mol. The molecule has 0 aliphatic carbocycles. The summed E-state index contributed by atoms with van der Waals surface area (Å²) >= 11 is 6.06. The van der Waals surface area contributed by atoms with E-state index >= 15 is 0 Å². The fraction of sp³-hybridized carbons (Fsp3) is 0.167. The lowest BCUT2D eigenvalue weighted by Crippen LogP contribution is -2.28. The number of hydrogen-bond donors (Lipinski definition) is 2. The minimum atomic E-state index is 0.00454. The number of nitrogen functional groups attached to an aromatic ring is 1. The van der Waals surface area contributed by atoms with Crippen LogP contribution in [0, 0.1) is 0 Å². The van der Waals surface area contributed by atoms with Crippen molar-refractivity contribution in [3.8, 4) is 5.75 Å². The summed E-state index contributed by atoms with van der Waals surface area (Å²) < 4.78 is 7.79. The number of nitrogens with two attached hydrogens (primary N) is 1. The Hall–Kier alpha value is -3.51. The van der Waals surface area contributed by atoms with Gasteiger partial charge < -0.3 is 15.8 Å². The molecule has 3 N–H and O–H groups in total. The highest BCUT2D eigenvalue weighted by molar-refractivity contribution is 6.30. The molecule has 31 heavy (non-hydrogen) atoms. The van der Waals surface area contributed by atoms with Gasteiger partial charge in [-0.1, -0.05) is 66.2 Å². The van der Waals surface area contributed by atoms with E-state index in [2.05, 4.69) is 39.7 Å². The first-order chi connectivity index (χ1) is 15.2. The zero-order chi connectivity index (χ0) is 21.2. The maximum absolute atomic E-state index is 6.06. The van der Waals surface area contributed by atoms with Crippen LogP contribution < -0.4 is 15.8 Å². The highest BCUT2D eigenvalue weighted by Crippen LogP contribution is 2.38. The lowest BCUT2D eigenvalue weighted by molar-refractivity contribution is 0.306. The van der Waals surface area contributed by atoms with Crippen molar-refractivity contribution in [1.29, 1.82) is 0 Å². The molecule has 7 heteroatoms. The van der Waals surface area contributed by atoms with Crippen LogP contribution in [-0.4, -0.2) is 14.8 Å². The number of fused-ring (bicyclic) bond motifs is 1. The van der Waals surface area contributed by atoms with E-state index in [1.54, 1.807) is 0 Å². The SMILES string of the molecule is Nc1nc2n(n1)C(c1ccc(OCc3ccccc3)cc1)CC(c1ccc(Cl)cc1)N2. The summed E-state index contributed by atoms with van der Waals surface area (Å²) in [5.74, 6) is 1.75. The van der Waals surface area contributed by atoms with Gasteiger partial charge in [-0.2, -0.15) is 4.98 Å². The molecule has 4 aromatic rings. The molecule has 0 saturated heterocycles. The largest absolute Gasteiger partial charge is 0.489 e. The number of hydrogen-bond acceptors (Lipinski definition) is 5. The van der Waals surface area contributed by atoms with Crippen LogP contribution in [-0.2, 0) is 6.61 Å². The summed E-state index contributed by atoms with van der Waals surface area (Å²) in [4.78, 5) is 4.37. The molecule has 0 radical (unpaired) electrons. The Bertz CT molecular complexity index is 1160. The Morgan fingerprint density at radius 1 is 0.968 bits per heavy atom.